The molecule has 2 aliphatic rings. The van der Waals surface area contributed by atoms with Gasteiger partial charge in [0.05, 0.1) is 0 Å². The maximum atomic E-state index is 6.31. The van der Waals surface area contributed by atoms with Gasteiger partial charge in [-0.05, 0) is 37.6 Å². The average Bonchev–Trinajstić information content (AvgIpc) is 2.25. The molecule has 88 valence electrons. The lowest BCUT2D eigenvalue weighted by Gasteiger charge is -2.36. The van der Waals surface area contributed by atoms with Crippen LogP contribution in [0.3, 0.4) is 0 Å². The molecule has 2 rings (SSSR count). The third-order valence-electron chi connectivity index (χ3n) is 3.81. The van der Waals surface area contributed by atoms with Crippen LogP contribution in [0.1, 0.15) is 26.2 Å². The summed E-state index contributed by atoms with van der Waals surface area (Å²) in [5.74, 6) is 1.54. The van der Waals surface area contributed by atoms with Gasteiger partial charge in [-0.2, -0.15) is 0 Å². The molecule has 2 saturated heterocycles. The second kappa shape index (κ2) is 5.51. The first-order valence-electron chi connectivity index (χ1n) is 6.20. The molecule has 0 bridgehead atoms. The first-order chi connectivity index (χ1) is 7.25. The number of likely N-dealkylation sites (tertiary alicyclic amines) is 1. The van der Waals surface area contributed by atoms with Crippen molar-refractivity contribution in [1.29, 1.82) is 0 Å². The molecule has 0 aromatic heterocycles. The average molecular weight is 232 g/mol. The van der Waals surface area contributed by atoms with E-state index in [4.69, 9.17) is 16.3 Å². The SMILES string of the molecule is CC1CCN(CC2CCOCC2)CC1Cl. The third kappa shape index (κ3) is 3.33. The van der Waals surface area contributed by atoms with Crippen LogP contribution >= 0.6 is 11.6 Å². The van der Waals surface area contributed by atoms with E-state index >= 15 is 0 Å². The van der Waals surface area contributed by atoms with Crippen molar-refractivity contribution in [2.24, 2.45) is 11.8 Å². The molecule has 2 nitrogen and oxygen atoms in total. The number of nitrogens with zero attached hydrogens (tertiary/aromatic N) is 1. The summed E-state index contributed by atoms with van der Waals surface area (Å²) in [5.41, 5.74) is 0. The molecule has 0 aromatic carbocycles. The molecule has 0 aliphatic carbocycles. The van der Waals surface area contributed by atoms with Crippen molar-refractivity contribution in [3.63, 3.8) is 0 Å². The minimum atomic E-state index is 0.360. The Labute approximate surface area is 97.9 Å². The molecule has 0 N–H and O–H groups in total. The third-order valence-corrected chi connectivity index (χ3v) is 4.38. The highest BCUT2D eigenvalue weighted by molar-refractivity contribution is 6.21. The fourth-order valence-electron chi connectivity index (χ4n) is 2.54. The molecule has 0 saturated carbocycles. The Balaban J connectivity index is 1.74. The highest BCUT2D eigenvalue weighted by atomic mass is 35.5. The zero-order chi connectivity index (χ0) is 10.7. The molecular formula is C12H22ClNO. The number of alkyl halides is 1. The van der Waals surface area contributed by atoms with Crippen LogP contribution in [0.4, 0.5) is 0 Å². The maximum absolute atomic E-state index is 6.31. The number of halogens is 1. The number of piperidine rings is 1. The van der Waals surface area contributed by atoms with E-state index in [0.717, 1.165) is 25.7 Å². The van der Waals surface area contributed by atoms with Crippen LogP contribution in [0.25, 0.3) is 0 Å². The summed E-state index contributed by atoms with van der Waals surface area (Å²) >= 11 is 6.31. The monoisotopic (exact) mass is 231 g/mol. The summed E-state index contributed by atoms with van der Waals surface area (Å²) in [6.45, 7) is 7.74. The molecule has 2 aliphatic heterocycles. The zero-order valence-corrected chi connectivity index (χ0v) is 10.4. The van der Waals surface area contributed by atoms with Crippen molar-refractivity contribution < 1.29 is 4.74 Å². The van der Waals surface area contributed by atoms with Crippen molar-refractivity contribution in [3.05, 3.63) is 0 Å². The van der Waals surface area contributed by atoms with Gasteiger partial charge in [0, 0.05) is 31.7 Å². The van der Waals surface area contributed by atoms with E-state index < -0.39 is 0 Å². The first kappa shape index (κ1) is 11.7. The normalized spacial score (nSPS) is 35.6. The molecule has 2 atom stereocenters. The minimum Gasteiger partial charge on any atom is -0.381 e. The van der Waals surface area contributed by atoms with E-state index in [-0.39, 0.29) is 0 Å². The van der Waals surface area contributed by atoms with Crippen molar-refractivity contribution in [1.82, 2.24) is 4.90 Å². The fraction of sp³-hybridized carbons (Fsp3) is 1.00. The molecule has 15 heavy (non-hydrogen) atoms. The maximum Gasteiger partial charge on any atom is 0.0489 e. The summed E-state index contributed by atoms with van der Waals surface area (Å²) in [6, 6.07) is 0. The van der Waals surface area contributed by atoms with E-state index in [2.05, 4.69) is 11.8 Å². The lowest BCUT2D eigenvalue weighted by atomic mass is 9.95. The van der Waals surface area contributed by atoms with Crippen LogP contribution < -0.4 is 0 Å². The molecule has 0 aromatic rings. The molecule has 0 spiro atoms. The van der Waals surface area contributed by atoms with Crippen LogP contribution in [0.2, 0.25) is 0 Å². The Morgan fingerprint density at radius 3 is 2.67 bits per heavy atom. The molecule has 0 radical (unpaired) electrons. The molecule has 2 fully saturated rings. The zero-order valence-electron chi connectivity index (χ0n) is 9.62. The van der Waals surface area contributed by atoms with Crippen LogP contribution in [-0.4, -0.2) is 43.1 Å². The topological polar surface area (TPSA) is 12.5 Å². The van der Waals surface area contributed by atoms with Gasteiger partial charge in [0.2, 0.25) is 0 Å². The van der Waals surface area contributed by atoms with Gasteiger partial charge in [-0.15, -0.1) is 11.6 Å². The highest BCUT2D eigenvalue weighted by Gasteiger charge is 2.26. The summed E-state index contributed by atoms with van der Waals surface area (Å²) in [5, 5.41) is 0.360. The van der Waals surface area contributed by atoms with Gasteiger partial charge in [0.15, 0.2) is 0 Å². The largest absolute Gasteiger partial charge is 0.381 e. The fourth-order valence-corrected chi connectivity index (χ4v) is 2.87. The number of hydrogen-bond donors (Lipinski definition) is 0. The quantitative estimate of drug-likeness (QED) is 0.677. The molecular weight excluding hydrogens is 210 g/mol. The Morgan fingerprint density at radius 2 is 2.00 bits per heavy atom. The van der Waals surface area contributed by atoms with Crippen molar-refractivity contribution >= 4 is 11.6 Å². The number of hydrogen-bond acceptors (Lipinski definition) is 2. The van der Waals surface area contributed by atoms with Gasteiger partial charge in [0.25, 0.3) is 0 Å². The Hall–Kier alpha value is 0.210. The second-order valence-electron chi connectivity index (χ2n) is 5.10. The van der Waals surface area contributed by atoms with Crippen LogP contribution in [-0.2, 0) is 4.74 Å². The second-order valence-corrected chi connectivity index (χ2v) is 5.66. The Bertz CT molecular complexity index is 194. The highest BCUT2D eigenvalue weighted by Crippen LogP contribution is 2.24. The lowest BCUT2D eigenvalue weighted by molar-refractivity contribution is 0.0478. The van der Waals surface area contributed by atoms with Gasteiger partial charge >= 0.3 is 0 Å². The smallest absolute Gasteiger partial charge is 0.0489 e. The summed E-state index contributed by atoms with van der Waals surface area (Å²) in [6.07, 6.45) is 3.73. The Morgan fingerprint density at radius 1 is 1.27 bits per heavy atom. The van der Waals surface area contributed by atoms with E-state index in [1.165, 1.54) is 32.4 Å². The first-order valence-corrected chi connectivity index (χ1v) is 6.63. The van der Waals surface area contributed by atoms with Gasteiger partial charge in [-0.25, -0.2) is 0 Å². The van der Waals surface area contributed by atoms with Crippen LogP contribution in [0.15, 0.2) is 0 Å². The molecule has 2 heterocycles. The summed E-state index contributed by atoms with van der Waals surface area (Å²) in [7, 11) is 0. The predicted octanol–water partition coefficient (Wildman–Crippen LogP) is 2.36. The van der Waals surface area contributed by atoms with E-state index in [0.29, 0.717) is 11.3 Å². The van der Waals surface area contributed by atoms with Gasteiger partial charge < -0.3 is 9.64 Å². The predicted molar refractivity (Wildman–Crippen MR) is 63.4 cm³/mol. The van der Waals surface area contributed by atoms with Gasteiger partial charge in [-0.1, -0.05) is 6.92 Å². The van der Waals surface area contributed by atoms with Crippen LogP contribution in [0.5, 0.6) is 0 Å². The van der Waals surface area contributed by atoms with Crippen molar-refractivity contribution in [2.75, 3.05) is 32.8 Å². The van der Waals surface area contributed by atoms with Gasteiger partial charge in [-0.3, -0.25) is 0 Å². The summed E-state index contributed by atoms with van der Waals surface area (Å²) in [4.78, 5) is 2.55. The number of ether oxygens (including phenoxy) is 1. The van der Waals surface area contributed by atoms with E-state index in [1.54, 1.807) is 0 Å². The molecule has 0 amide bonds. The Kier molecular flexibility index (Phi) is 4.30. The minimum absolute atomic E-state index is 0.360. The van der Waals surface area contributed by atoms with Crippen molar-refractivity contribution in [2.45, 2.75) is 31.6 Å². The number of rotatable bonds is 2. The van der Waals surface area contributed by atoms with Gasteiger partial charge in [0.1, 0.15) is 0 Å². The molecule has 3 heteroatoms. The van der Waals surface area contributed by atoms with E-state index in [9.17, 15) is 0 Å². The standard InChI is InChI=1S/C12H22ClNO/c1-10-2-5-14(9-12(10)13)8-11-3-6-15-7-4-11/h10-12H,2-9H2,1H3. The lowest BCUT2D eigenvalue weighted by Crippen LogP contribution is -2.43. The molecule has 2 unspecified atom stereocenters. The van der Waals surface area contributed by atoms with Crippen molar-refractivity contribution in [3.8, 4) is 0 Å². The summed E-state index contributed by atoms with van der Waals surface area (Å²) < 4.78 is 5.38. The van der Waals surface area contributed by atoms with E-state index in [1.807, 2.05) is 0 Å². The van der Waals surface area contributed by atoms with Crippen LogP contribution in [0, 0.1) is 11.8 Å².